The van der Waals surface area contributed by atoms with Crippen LogP contribution in [0.2, 0.25) is 5.02 Å². The number of carbonyl (C=O) groups excluding carboxylic acids is 1. The minimum Gasteiger partial charge on any atom is -0.508 e. The summed E-state index contributed by atoms with van der Waals surface area (Å²) in [5.74, 6) is -1.35. The predicted molar refractivity (Wildman–Crippen MR) is 72.2 cm³/mol. The van der Waals surface area contributed by atoms with Crippen molar-refractivity contribution in [1.82, 2.24) is 0 Å². The number of halogens is 2. The number of benzene rings is 2. The van der Waals surface area contributed by atoms with Crippen LogP contribution in [-0.2, 0) is 0 Å². The SMILES string of the molecule is Cc1ccc(Cl)cc1C(=O)Nc1ccc(O)cc1F. The van der Waals surface area contributed by atoms with Crippen LogP contribution in [0, 0.1) is 12.7 Å². The Morgan fingerprint density at radius 3 is 2.68 bits per heavy atom. The molecule has 0 atom stereocenters. The molecule has 1 amide bonds. The van der Waals surface area contributed by atoms with Gasteiger partial charge in [-0.3, -0.25) is 4.79 Å². The van der Waals surface area contributed by atoms with E-state index in [2.05, 4.69) is 5.32 Å². The number of phenols is 1. The molecule has 2 rings (SSSR count). The highest BCUT2D eigenvalue weighted by atomic mass is 35.5. The van der Waals surface area contributed by atoms with Gasteiger partial charge in [0.25, 0.3) is 5.91 Å². The molecule has 0 aliphatic carbocycles. The van der Waals surface area contributed by atoms with E-state index in [0.717, 1.165) is 11.6 Å². The molecule has 0 bridgehead atoms. The van der Waals surface area contributed by atoms with Crippen LogP contribution >= 0.6 is 11.6 Å². The molecule has 0 fully saturated rings. The number of amides is 1. The van der Waals surface area contributed by atoms with Crippen molar-refractivity contribution in [2.75, 3.05) is 5.32 Å². The molecule has 3 nitrogen and oxygen atoms in total. The van der Waals surface area contributed by atoms with Crippen molar-refractivity contribution in [3.8, 4) is 5.75 Å². The van der Waals surface area contributed by atoms with Gasteiger partial charge in [0.15, 0.2) is 0 Å². The van der Waals surface area contributed by atoms with E-state index >= 15 is 0 Å². The molecule has 0 saturated carbocycles. The molecule has 2 aromatic rings. The fourth-order valence-corrected chi connectivity index (χ4v) is 1.81. The van der Waals surface area contributed by atoms with Crippen LogP contribution in [-0.4, -0.2) is 11.0 Å². The highest BCUT2D eigenvalue weighted by Gasteiger charge is 2.12. The van der Waals surface area contributed by atoms with E-state index < -0.39 is 11.7 Å². The second-order valence-corrected chi connectivity index (χ2v) is 4.51. The summed E-state index contributed by atoms with van der Waals surface area (Å²) < 4.78 is 13.5. The molecule has 2 N–H and O–H groups in total. The maximum atomic E-state index is 13.5. The van der Waals surface area contributed by atoms with Gasteiger partial charge in [0.05, 0.1) is 5.69 Å². The molecule has 0 heterocycles. The lowest BCUT2D eigenvalue weighted by atomic mass is 10.1. The molecule has 0 aliphatic rings. The van der Waals surface area contributed by atoms with Gasteiger partial charge in [-0.05, 0) is 36.8 Å². The molecule has 5 heteroatoms. The van der Waals surface area contributed by atoms with Gasteiger partial charge >= 0.3 is 0 Å². The predicted octanol–water partition coefficient (Wildman–Crippen LogP) is 3.75. The van der Waals surface area contributed by atoms with Crippen molar-refractivity contribution in [3.05, 3.63) is 58.4 Å². The van der Waals surface area contributed by atoms with Gasteiger partial charge in [-0.15, -0.1) is 0 Å². The summed E-state index contributed by atoms with van der Waals surface area (Å²) in [6.07, 6.45) is 0. The molecule has 0 radical (unpaired) electrons. The summed E-state index contributed by atoms with van der Waals surface area (Å²) in [4.78, 5) is 12.0. The van der Waals surface area contributed by atoms with E-state index in [1.807, 2.05) is 0 Å². The lowest BCUT2D eigenvalue weighted by Crippen LogP contribution is -2.14. The third kappa shape index (κ3) is 3.03. The number of rotatable bonds is 2. The van der Waals surface area contributed by atoms with Gasteiger partial charge in [0.1, 0.15) is 11.6 Å². The van der Waals surface area contributed by atoms with E-state index in [4.69, 9.17) is 16.7 Å². The Morgan fingerprint density at radius 1 is 1.26 bits per heavy atom. The third-order valence-electron chi connectivity index (χ3n) is 2.65. The lowest BCUT2D eigenvalue weighted by Gasteiger charge is -2.09. The fraction of sp³-hybridized carbons (Fsp3) is 0.0714. The third-order valence-corrected chi connectivity index (χ3v) is 2.88. The van der Waals surface area contributed by atoms with Crippen LogP contribution in [0.15, 0.2) is 36.4 Å². The monoisotopic (exact) mass is 279 g/mol. The van der Waals surface area contributed by atoms with Crippen molar-refractivity contribution in [2.24, 2.45) is 0 Å². The first-order chi connectivity index (χ1) is 8.97. The highest BCUT2D eigenvalue weighted by molar-refractivity contribution is 6.31. The van der Waals surface area contributed by atoms with Crippen LogP contribution in [0.3, 0.4) is 0 Å². The number of anilines is 1. The molecule has 98 valence electrons. The van der Waals surface area contributed by atoms with Gasteiger partial charge < -0.3 is 10.4 Å². The molecule has 19 heavy (non-hydrogen) atoms. The van der Waals surface area contributed by atoms with Crippen LogP contribution in [0.25, 0.3) is 0 Å². The van der Waals surface area contributed by atoms with Crippen LogP contribution in [0.4, 0.5) is 10.1 Å². The molecule has 2 aromatic carbocycles. The van der Waals surface area contributed by atoms with E-state index in [1.165, 1.54) is 18.2 Å². The lowest BCUT2D eigenvalue weighted by molar-refractivity contribution is 0.102. The highest BCUT2D eigenvalue weighted by Crippen LogP contribution is 2.21. The van der Waals surface area contributed by atoms with Gasteiger partial charge in [0, 0.05) is 16.7 Å². The number of aromatic hydroxyl groups is 1. The normalized spacial score (nSPS) is 10.3. The topological polar surface area (TPSA) is 49.3 Å². The summed E-state index contributed by atoms with van der Waals surface area (Å²) in [5.41, 5.74) is 1.11. The number of hydrogen-bond acceptors (Lipinski definition) is 2. The Morgan fingerprint density at radius 2 is 2.00 bits per heavy atom. The van der Waals surface area contributed by atoms with Crippen molar-refractivity contribution in [2.45, 2.75) is 6.92 Å². The Balaban J connectivity index is 2.28. The Kier molecular flexibility index (Phi) is 3.71. The Labute approximate surface area is 114 Å². The maximum absolute atomic E-state index is 13.5. The molecular weight excluding hydrogens is 269 g/mol. The fourth-order valence-electron chi connectivity index (χ4n) is 1.63. The molecule has 0 spiro atoms. The summed E-state index contributed by atoms with van der Waals surface area (Å²) in [6, 6.07) is 8.43. The molecule has 0 unspecified atom stereocenters. The number of phenolic OH excluding ortho intramolecular Hbond substituents is 1. The number of aryl methyl sites for hydroxylation is 1. The zero-order chi connectivity index (χ0) is 14.0. The second-order valence-electron chi connectivity index (χ2n) is 4.08. The molecule has 0 aliphatic heterocycles. The number of hydrogen-bond donors (Lipinski definition) is 2. The van der Waals surface area contributed by atoms with Crippen molar-refractivity contribution in [1.29, 1.82) is 0 Å². The van der Waals surface area contributed by atoms with E-state index in [9.17, 15) is 9.18 Å². The molecule has 0 aromatic heterocycles. The molecular formula is C14H11ClFNO2. The van der Waals surface area contributed by atoms with E-state index in [-0.39, 0.29) is 11.4 Å². The van der Waals surface area contributed by atoms with Gasteiger partial charge in [0.2, 0.25) is 0 Å². The van der Waals surface area contributed by atoms with E-state index in [0.29, 0.717) is 10.6 Å². The minimum atomic E-state index is -0.701. The first-order valence-corrected chi connectivity index (χ1v) is 5.91. The Bertz CT molecular complexity index is 643. The van der Waals surface area contributed by atoms with Crippen molar-refractivity contribution < 1.29 is 14.3 Å². The van der Waals surface area contributed by atoms with Gasteiger partial charge in [-0.25, -0.2) is 4.39 Å². The number of carbonyl (C=O) groups is 1. The number of nitrogens with one attached hydrogen (secondary N) is 1. The first kappa shape index (κ1) is 13.4. The first-order valence-electron chi connectivity index (χ1n) is 5.53. The average Bonchev–Trinajstić information content (AvgIpc) is 2.35. The Hall–Kier alpha value is -2.07. The van der Waals surface area contributed by atoms with E-state index in [1.54, 1.807) is 19.1 Å². The maximum Gasteiger partial charge on any atom is 0.256 e. The summed E-state index contributed by atoms with van der Waals surface area (Å²) >= 11 is 5.83. The summed E-state index contributed by atoms with van der Waals surface area (Å²) in [6.45, 7) is 1.76. The average molecular weight is 280 g/mol. The standard InChI is InChI=1S/C14H11ClFNO2/c1-8-2-3-9(15)6-11(8)14(19)17-13-5-4-10(18)7-12(13)16/h2-7,18H,1H3,(H,17,19). The summed E-state index contributed by atoms with van der Waals surface area (Å²) in [5, 5.41) is 12.0. The van der Waals surface area contributed by atoms with Gasteiger partial charge in [-0.2, -0.15) is 0 Å². The minimum absolute atomic E-state index is 0.00201. The van der Waals surface area contributed by atoms with Crippen molar-refractivity contribution >= 4 is 23.2 Å². The quantitative estimate of drug-likeness (QED) is 0.823. The molecule has 0 saturated heterocycles. The zero-order valence-corrected chi connectivity index (χ0v) is 10.8. The zero-order valence-electron chi connectivity index (χ0n) is 10.1. The largest absolute Gasteiger partial charge is 0.508 e. The van der Waals surface area contributed by atoms with Crippen molar-refractivity contribution in [3.63, 3.8) is 0 Å². The second kappa shape index (κ2) is 5.28. The smallest absolute Gasteiger partial charge is 0.256 e. The summed E-state index contributed by atoms with van der Waals surface area (Å²) in [7, 11) is 0. The van der Waals surface area contributed by atoms with Crippen LogP contribution < -0.4 is 5.32 Å². The van der Waals surface area contributed by atoms with Crippen LogP contribution in [0.1, 0.15) is 15.9 Å². The van der Waals surface area contributed by atoms with Crippen LogP contribution in [0.5, 0.6) is 5.75 Å². The van der Waals surface area contributed by atoms with Gasteiger partial charge in [-0.1, -0.05) is 17.7 Å².